The molecule has 1 saturated heterocycles. The number of hydrogen-bond donors (Lipinski definition) is 1. The molecule has 42 heavy (non-hydrogen) atoms. The topological polar surface area (TPSA) is 162 Å². The highest BCUT2D eigenvalue weighted by atomic mass is 31.2. The van der Waals surface area contributed by atoms with Gasteiger partial charge >= 0.3 is 31.5 Å². The molecule has 1 aliphatic heterocycles. The first kappa shape index (κ1) is 35.4. The molecule has 0 aliphatic carbocycles. The van der Waals surface area contributed by atoms with Gasteiger partial charge in [-0.25, -0.2) is 0 Å². The lowest BCUT2D eigenvalue weighted by Crippen LogP contribution is -2.66. The minimum absolute atomic E-state index is 0.414. The van der Waals surface area contributed by atoms with E-state index in [9.17, 15) is 23.7 Å². The summed E-state index contributed by atoms with van der Waals surface area (Å²) in [6, 6.07) is 5.79. The number of nitrogens with one attached hydrogen (secondary N) is 1. The van der Waals surface area contributed by atoms with E-state index in [1.165, 1.54) is 6.92 Å². The zero-order valence-corrected chi connectivity index (χ0v) is 26.4. The molecule has 13 nitrogen and oxygen atoms in total. The van der Waals surface area contributed by atoms with Crippen LogP contribution >= 0.6 is 7.60 Å². The number of ether oxygens (including phenoxy) is 5. The molecule has 0 aromatic heterocycles. The Morgan fingerprint density at radius 1 is 0.810 bits per heavy atom. The Kier molecular flexibility index (Phi) is 13.1. The molecule has 1 aliphatic rings. The fourth-order valence-electron chi connectivity index (χ4n) is 4.38. The van der Waals surface area contributed by atoms with Crippen molar-refractivity contribution >= 4 is 31.5 Å². The average Bonchev–Trinajstić information content (AvgIpc) is 2.82. The molecule has 1 heterocycles. The summed E-state index contributed by atoms with van der Waals surface area (Å²) in [6.07, 6.45) is -6.44. The number of benzene rings is 1. The first-order chi connectivity index (χ1) is 19.5. The third-order valence-corrected chi connectivity index (χ3v) is 8.27. The van der Waals surface area contributed by atoms with Crippen LogP contribution in [0.15, 0.2) is 24.3 Å². The molecule has 1 N–H and O–H groups in total. The number of aryl methyl sites for hydroxylation is 1. The van der Waals surface area contributed by atoms with Crippen molar-refractivity contribution in [3.05, 3.63) is 35.4 Å². The van der Waals surface area contributed by atoms with Gasteiger partial charge in [-0.15, -0.1) is 0 Å². The van der Waals surface area contributed by atoms with E-state index in [0.717, 1.165) is 26.3 Å². The number of rotatable bonds is 13. The summed E-state index contributed by atoms with van der Waals surface area (Å²) in [4.78, 5) is 48.3. The summed E-state index contributed by atoms with van der Waals surface area (Å²) in [5, 5.41) is 3.15. The standard InChI is InChI=1S/C28H42NO12P/c1-15(2)40-42(34,41-16(3)4)27(22-12-10-17(5)11-13-22)29-24-26(37-20(8)32)25(36-19(7)31)23(14-35-18(6)30)39-28(24)38-21(9)33/h10-13,15-16,23-29H,14H2,1-9H3/t23-,24-,25-,26-,27-,28-/m1/s1. The molecule has 0 saturated carbocycles. The van der Waals surface area contributed by atoms with Gasteiger partial charge in [0.15, 0.2) is 12.2 Å². The lowest BCUT2D eigenvalue weighted by atomic mass is 9.95. The fraction of sp³-hybridized carbons (Fsp3) is 0.643. The van der Waals surface area contributed by atoms with Gasteiger partial charge in [0.2, 0.25) is 6.29 Å². The Hall–Kier alpha value is -2.83. The predicted octanol–water partition coefficient (Wildman–Crippen LogP) is 3.71. The zero-order chi connectivity index (χ0) is 31.8. The zero-order valence-electron chi connectivity index (χ0n) is 25.5. The maximum absolute atomic E-state index is 14.5. The van der Waals surface area contributed by atoms with E-state index in [-0.39, 0.29) is 0 Å². The van der Waals surface area contributed by atoms with Crippen molar-refractivity contribution in [3.8, 4) is 0 Å². The molecule has 14 heteroatoms. The van der Waals surface area contributed by atoms with E-state index in [0.29, 0.717) is 5.56 Å². The molecule has 0 unspecified atom stereocenters. The van der Waals surface area contributed by atoms with Crippen LogP contribution in [0.1, 0.15) is 72.3 Å². The lowest BCUT2D eigenvalue weighted by Gasteiger charge is -2.46. The summed E-state index contributed by atoms with van der Waals surface area (Å²) in [7, 11) is -4.08. The van der Waals surface area contributed by atoms with Crippen molar-refractivity contribution in [2.75, 3.05) is 6.61 Å². The van der Waals surface area contributed by atoms with Gasteiger partial charge in [-0.05, 0) is 40.2 Å². The van der Waals surface area contributed by atoms with Crippen LogP contribution in [-0.2, 0) is 56.5 Å². The molecule has 1 aromatic carbocycles. The molecule has 2 rings (SSSR count). The first-order valence-electron chi connectivity index (χ1n) is 13.6. The maximum Gasteiger partial charge on any atom is 0.352 e. The van der Waals surface area contributed by atoms with Crippen molar-refractivity contribution in [1.82, 2.24) is 5.32 Å². The molecule has 236 valence electrons. The van der Waals surface area contributed by atoms with Crippen LogP contribution in [0.25, 0.3) is 0 Å². The third-order valence-electron chi connectivity index (χ3n) is 5.76. The molecular weight excluding hydrogens is 573 g/mol. The SMILES string of the molecule is CC(=O)OC[C@H]1O[C@@H](OC(C)=O)[C@H](N[C@@H](c2ccc(C)cc2)P(=O)(OC(C)C)OC(C)C)[C@@H](OC(C)=O)[C@@H]1OC(C)=O. The number of carbonyl (C=O) groups excluding carboxylic acids is 4. The van der Waals surface area contributed by atoms with E-state index < -0.39 is 86.7 Å². The lowest BCUT2D eigenvalue weighted by molar-refractivity contribution is -0.272. The van der Waals surface area contributed by atoms with E-state index in [1.807, 2.05) is 6.92 Å². The molecule has 6 atom stereocenters. The Labute approximate surface area is 246 Å². The van der Waals surface area contributed by atoms with Crippen LogP contribution in [0.3, 0.4) is 0 Å². The summed E-state index contributed by atoms with van der Waals surface area (Å²) < 4.78 is 54.1. The quantitative estimate of drug-likeness (QED) is 0.194. The van der Waals surface area contributed by atoms with Crippen LogP contribution in [0.4, 0.5) is 0 Å². The molecule has 0 amide bonds. The summed E-state index contributed by atoms with van der Waals surface area (Å²) in [6.45, 7) is 12.9. The largest absolute Gasteiger partial charge is 0.463 e. The van der Waals surface area contributed by atoms with Gasteiger partial charge in [0.25, 0.3) is 0 Å². The van der Waals surface area contributed by atoms with Crippen molar-refractivity contribution in [2.45, 2.75) is 111 Å². The van der Waals surface area contributed by atoms with Crippen molar-refractivity contribution in [1.29, 1.82) is 0 Å². The van der Waals surface area contributed by atoms with Crippen molar-refractivity contribution in [3.63, 3.8) is 0 Å². The van der Waals surface area contributed by atoms with Gasteiger partial charge in [-0.3, -0.25) is 29.1 Å². The molecule has 1 aromatic rings. The minimum Gasteiger partial charge on any atom is -0.463 e. The Balaban J connectivity index is 2.75. The first-order valence-corrected chi connectivity index (χ1v) is 15.2. The van der Waals surface area contributed by atoms with Crippen LogP contribution < -0.4 is 5.32 Å². The van der Waals surface area contributed by atoms with Gasteiger partial charge in [-0.1, -0.05) is 29.8 Å². The second-order valence-corrected chi connectivity index (χ2v) is 12.5. The Morgan fingerprint density at radius 2 is 1.31 bits per heavy atom. The van der Waals surface area contributed by atoms with Gasteiger partial charge < -0.3 is 32.7 Å². The number of esters is 4. The van der Waals surface area contributed by atoms with Crippen LogP contribution in [0.2, 0.25) is 0 Å². The minimum atomic E-state index is -4.08. The van der Waals surface area contributed by atoms with Crippen molar-refractivity contribution < 1.29 is 56.5 Å². The highest BCUT2D eigenvalue weighted by Crippen LogP contribution is 2.61. The second-order valence-electron chi connectivity index (χ2n) is 10.5. The Bertz CT molecular complexity index is 1120. The van der Waals surface area contributed by atoms with Gasteiger partial charge in [0.1, 0.15) is 24.5 Å². The van der Waals surface area contributed by atoms with E-state index >= 15 is 0 Å². The molecule has 0 radical (unpaired) electrons. The van der Waals surface area contributed by atoms with Gasteiger partial charge in [0, 0.05) is 27.7 Å². The van der Waals surface area contributed by atoms with E-state index in [4.69, 9.17) is 32.7 Å². The maximum atomic E-state index is 14.5. The summed E-state index contributed by atoms with van der Waals surface area (Å²) >= 11 is 0. The van der Waals surface area contributed by atoms with Crippen LogP contribution in [0, 0.1) is 6.92 Å². The van der Waals surface area contributed by atoms with Crippen LogP contribution in [0.5, 0.6) is 0 Å². The third kappa shape index (κ3) is 10.5. The van der Waals surface area contributed by atoms with E-state index in [1.54, 1.807) is 52.0 Å². The van der Waals surface area contributed by atoms with Gasteiger partial charge in [-0.2, -0.15) is 0 Å². The smallest absolute Gasteiger partial charge is 0.352 e. The van der Waals surface area contributed by atoms with Gasteiger partial charge in [0.05, 0.1) is 12.2 Å². The fourth-order valence-corrected chi connectivity index (χ4v) is 6.74. The van der Waals surface area contributed by atoms with Crippen LogP contribution in [-0.4, -0.2) is 73.3 Å². The summed E-state index contributed by atoms with van der Waals surface area (Å²) in [5.41, 5.74) is 1.42. The molecule has 0 spiro atoms. The normalized spacial score (nSPS) is 23.3. The highest BCUT2D eigenvalue weighted by molar-refractivity contribution is 7.54. The van der Waals surface area contributed by atoms with Crippen molar-refractivity contribution in [2.24, 2.45) is 0 Å². The molecular formula is C28H42NO12P. The second kappa shape index (κ2) is 15.6. The number of carbonyl (C=O) groups is 4. The molecule has 1 fully saturated rings. The Morgan fingerprint density at radius 3 is 1.76 bits per heavy atom. The monoisotopic (exact) mass is 615 g/mol. The average molecular weight is 616 g/mol. The summed E-state index contributed by atoms with van der Waals surface area (Å²) in [5.74, 6) is -4.10. The molecule has 0 bridgehead atoms. The van der Waals surface area contributed by atoms with E-state index in [2.05, 4.69) is 5.32 Å². The highest BCUT2D eigenvalue weighted by Gasteiger charge is 2.54. The number of hydrogen-bond acceptors (Lipinski definition) is 13. The predicted molar refractivity (Wildman–Crippen MR) is 149 cm³/mol.